The number of carbonyl (C=O) groups is 1. The molecule has 0 spiro atoms. The molecule has 0 aromatic heterocycles. The number of amides is 1. The zero-order valence-corrected chi connectivity index (χ0v) is 12.2. The van der Waals surface area contributed by atoms with Crippen molar-refractivity contribution in [1.29, 1.82) is 0 Å². The maximum absolute atomic E-state index is 12.0. The van der Waals surface area contributed by atoms with E-state index in [4.69, 9.17) is 16.3 Å². The first kappa shape index (κ1) is 14.4. The van der Waals surface area contributed by atoms with Crippen molar-refractivity contribution in [3.8, 4) is 5.75 Å². The molecular weight excluding hydrogens is 274 g/mol. The quantitative estimate of drug-likeness (QED) is 0.860. The molecule has 0 aliphatic rings. The number of nitrogens with zero attached hydrogens (tertiary/aromatic N) is 1. The Bertz CT molecular complexity index is 594. The van der Waals surface area contributed by atoms with Crippen LogP contribution in [0, 0.1) is 0 Å². The summed E-state index contributed by atoms with van der Waals surface area (Å²) in [5.74, 6) is 0.512. The fourth-order valence-electron chi connectivity index (χ4n) is 1.75. The molecule has 104 valence electrons. The third kappa shape index (κ3) is 3.52. The Morgan fingerprint density at radius 2 is 1.75 bits per heavy atom. The van der Waals surface area contributed by atoms with Crippen LogP contribution in [0.15, 0.2) is 48.5 Å². The second-order valence-electron chi connectivity index (χ2n) is 4.61. The van der Waals surface area contributed by atoms with Gasteiger partial charge in [-0.25, -0.2) is 0 Å². The van der Waals surface area contributed by atoms with Crippen molar-refractivity contribution in [2.24, 2.45) is 0 Å². The minimum absolute atomic E-state index is 0.0725. The van der Waals surface area contributed by atoms with E-state index in [2.05, 4.69) is 0 Å². The molecule has 20 heavy (non-hydrogen) atoms. The van der Waals surface area contributed by atoms with Crippen LogP contribution < -0.4 is 4.74 Å². The van der Waals surface area contributed by atoms with Crippen LogP contribution in [0.3, 0.4) is 0 Å². The first-order valence-electron chi connectivity index (χ1n) is 6.26. The van der Waals surface area contributed by atoms with Gasteiger partial charge < -0.3 is 9.64 Å². The van der Waals surface area contributed by atoms with Gasteiger partial charge in [0.15, 0.2) is 0 Å². The van der Waals surface area contributed by atoms with Gasteiger partial charge in [0.2, 0.25) is 0 Å². The van der Waals surface area contributed by atoms with Crippen molar-refractivity contribution in [1.82, 2.24) is 4.90 Å². The summed E-state index contributed by atoms with van der Waals surface area (Å²) >= 11 is 5.84. The predicted octanol–water partition coefficient (Wildman–Crippen LogP) is 3.62. The van der Waals surface area contributed by atoms with Gasteiger partial charge in [-0.15, -0.1) is 0 Å². The summed E-state index contributed by atoms with van der Waals surface area (Å²) in [4.78, 5) is 13.6. The first-order chi connectivity index (χ1) is 9.58. The average Bonchev–Trinajstić information content (AvgIpc) is 2.46. The topological polar surface area (TPSA) is 29.5 Å². The van der Waals surface area contributed by atoms with Crippen molar-refractivity contribution < 1.29 is 9.53 Å². The summed E-state index contributed by atoms with van der Waals surface area (Å²) in [6.45, 7) is 0.398. The monoisotopic (exact) mass is 289 g/mol. The number of para-hydroxylation sites is 1. The van der Waals surface area contributed by atoms with Gasteiger partial charge in [-0.1, -0.05) is 35.9 Å². The molecule has 2 aromatic carbocycles. The van der Waals surface area contributed by atoms with Gasteiger partial charge in [-0.3, -0.25) is 4.79 Å². The van der Waals surface area contributed by atoms with E-state index >= 15 is 0 Å². The zero-order chi connectivity index (χ0) is 14.5. The van der Waals surface area contributed by atoms with Gasteiger partial charge >= 0.3 is 0 Å². The Labute approximate surface area is 123 Å². The summed E-state index contributed by atoms with van der Waals surface area (Å²) < 4.78 is 5.74. The van der Waals surface area contributed by atoms with Gasteiger partial charge in [0, 0.05) is 19.1 Å². The molecule has 0 heterocycles. The lowest BCUT2D eigenvalue weighted by molar-refractivity contribution is 0.0822. The molecule has 0 unspecified atom stereocenters. The van der Waals surface area contributed by atoms with E-state index in [-0.39, 0.29) is 5.91 Å². The lowest BCUT2D eigenvalue weighted by atomic mass is 10.2. The maximum atomic E-state index is 12.0. The number of carbonyl (C=O) groups excluding carboxylic acids is 1. The van der Waals surface area contributed by atoms with E-state index < -0.39 is 0 Å². The molecule has 3 nitrogen and oxygen atoms in total. The van der Waals surface area contributed by atoms with Crippen LogP contribution in [0.1, 0.15) is 15.9 Å². The van der Waals surface area contributed by atoms with Crippen molar-refractivity contribution in [3.63, 3.8) is 0 Å². The average molecular weight is 290 g/mol. The number of benzene rings is 2. The van der Waals surface area contributed by atoms with Gasteiger partial charge in [0.25, 0.3) is 5.91 Å². The third-order valence-corrected chi connectivity index (χ3v) is 3.08. The van der Waals surface area contributed by atoms with E-state index in [9.17, 15) is 4.79 Å². The van der Waals surface area contributed by atoms with Crippen molar-refractivity contribution in [3.05, 3.63) is 64.7 Å². The van der Waals surface area contributed by atoms with Crippen LogP contribution in [-0.4, -0.2) is 24.9 Å². The maximum Gasteiger partial charge on any atom is 0.257 e. The number of rotatable bonds is 4. The molecule has 2 rings (SSSR count). The van der Waals surface area contributed by atoms with Crippen molar-refractivity contribution >= 4 is 17.5 Å². The molecule has 1 amide bonds. The number of hydrogen-bond acceptors (Lipinski definition) is 2. The molecule has 0 aliphatic carbocycles. The van der Waals surface area contributed by atoms with Gasteiger partial charge in [-0.05, 0) is 29.8 Å². The Kier molecular flexibility index (Phi) is 4.64. The van der Waals surface area contributed by atoms with Gasteiger partial charge in [0.05, 0.1) is 5.56 Å². The van der Waals surface area contributed by atoms with E-state index in [1.54, 1.807) is 26.2 Å². The Hall–Kier alpha value is -2.00. The second kappa shape index (κ2) is 6.44. The smallest absolute Gasteiger partial charge is 0.257 e. The molecule has 0 aliphatic heterocycles. The molecule has 0 saturated heterocycles. The Balaban J connectivity index is 2.13. The van der Waals surface area contributed by atoms with Gasteiger partial charge in [0.1, 0.15) is 12.4 Å². The van der Waals surface area contributed by atoms with E-state index in [1.165, 1.54) is 4.90 Å². The summed E-state index contributed by atoms with van der Waals surface area (Å²) in [5, 5.41) is 0.692. The molecule has 0 fully saturated rings. The molecule has 0 saturated carbocycles. The van der Waals surface area contributed by atoms with Crippen molar-refractivity contribution in [2.75, 3.05) is 14.1 Å². The molecule has 4 heteroatoms. The molecule has 0 radical (unpaired) electrons. The van der Waals surface area contributed by atoms with Crippen molar-refractivity contribution in [2.45, 2.75) is 6.61 Å². The fourth-order valence-corrected chi connectivity index (χ4v) is 1.88. The second-order valence-corrected chi connectivity index (χ2v) is 5.05. The number of halogens is 1. The van der Waals surface area contributed by atoms with E-state index in [0.29, 0.717) is 22.9 Å². The summed E-state index contributed by atoms with van der Waals surface area (Å²) in [6.07, 6.45) is 0. The van der Waals surface area contributed by atoms with Crippen LogP contribution in [0.4, 0.5) is 0 Å². The normalized spacial score (nSPS) is 10.2. The van der Waals surface area contributed by atoms with Crippen LogP contribution in [0.5, 0.6) is 5.75 Å². The lowest BCUT2D eigenvalue weighted by Gasteiger charge is -2.14. The standard InChI is InChI=1S/C16H16ClNO2/c1-18(2)16(19)14-5-3-4-6-15(14)20-11-12-7-9-13(17)10-8-12/h3-10H,11H2,1-2H3. The minimum Gasteiger partial charge on any atom is -0.488 e. The predicted molar refractivity (Wildman–Crippen MR) is 80.2 cm³/mol. The highest BCUT2D eigenvalue weighted by Gasteiger charge is 2.13. The van der Waals surface area contributed by atoms with E-state index in [0.717, 1.165) is 5.56 Å². The Morgan fingerprint density at radius 1 is 1.10 bits per heavy atom. The molecule has 0 bridgehead atoms. The van der Waals surface area contributed by atoms with Crippen LogP contribution >= 0.6 is 11.6 Å². The molecular formula is C16H16ClNO2. The molecule has 0 N–H and O–H groups in total. The fraction of sp³-hybridized carbons (Fsp3) is 0.188. The third-order valence-electron chi connectivity index (χ3n) is 2.83. The van der Waals surface area contributed by atoms with Crippen LogP contribution in [0.25, 0.3) is 0 Å². The lowest BCUT2D eigenvalue weighted by Crippen LogP contribution is -2.22. The van der Waals surface area contributed by atoms with Crippen LogP contribution in [0.2, 0.25) is 5.02 Å². The molecule has 2 aromatic rings. The first-order valence-corrected chi connectivity index (χ1v) is 6.63. The number of hydrogen-bond donors (Lipinski definition) is 0. The highest BCUT2D eigenvalue weighted by molar-refractivity contribution is 6.30. The zero-order valence-electron chi connectivity index (χ0n) is 11.5. The summed E-state index contributed by atoms with van der Waals surface area (Å²) in [6, 6.07) is 14.7. The molecule has 0 atom stereocenters. The Morgan fingerprint density at radius 3 is 2.40 bits per heavy atom. The van der Waals surface area contributed by atoms with Gasteiger partial charge in [-0.2, -0.15) is 0 Å². The van der Waals surface area contributed by atoms with E-state index in [1.807, 2.05) is 36.4 Å². The highest BCUT2D eigenvalue weighted by atomic mass is 35.5. The summed E-state index contributed by atoms with van der Waals surface area (Å²) in [5.41, 5.74) is 1.56. The summed E-state index contributed by atoms with van der Waals surface area (Å²) in [7, 11) is 3.44. The SMILES string of the molecule is CN(C)C(=O)c1ccccc1OCc1ccc(Cl)cc1. The largest absolute Gasteiger partial charge is 0.488 e. The minimum atomic E-state index is -0.0725. The highest BCUT2D eigenvalue weighted by Crippen LogP contribution is 2.21. The number of ether oxygens (including phenoxy) is 1. The van der Waals surface area contributed by atoms with Crippen LogP contribution in [-0.2, 0) is 6.61 Å².